The Balaban J connectivity index is 1.02. The van der Waals surface area contributed by atoms with E-state index in [1.54, 1.807) is 0 Å². The minimum absolute atomic E-state index is 0.0376. The molecule has 1 unspecified atom stereocenters. The molecule has 342 valence electrons. The Morgan fingerprint density at radius 2 is 1.13 bits per heavy atom. The highest BCUT2D eigenvalue weighted by molar-refractivity contribution is 5.99. The number of allylic oxidation sites excluding steroid dienone is 8. The van der Waals surface area contributed by atoms with Gasteiger partial charge in [0.05, 0.1) is 6.04 Å². The van der Waals surface area contributed by atoms with Crippen LogP contribution in [0.1, 0.15) is 59.9 Å². The maximum absolute atomic E-state index is 6.80. The van der Waals surface area contributed by atoms with Crippen molar-refractivity contribution < 1.29 is 9.47 Å². The molecule has 2 heterocycles. The molecule has 7 aromatic rings. The highest BCUT2D eigenvalue weighted by Gasteiger charge is 2.32. The molecule has 0 spiro atoms. The van der Waals surface area contributed by atoms with Crippen molar-refractivity contribution in [2.75, 3.05) is 9.80 Å². The summed E-state index contributed by atoms with van der Waals surface area (Å²) in [5.74, 6) is 2.76. The first-order valence-corrected chi connectivity index (χ1v) is 24.1. The molecule has 0 fully saturated rings. The third-order valence-corrected chi connectivity index (χ3v) is 13.3. The lowest BCUT2D eigenvalue weighted by Crippen LogP contribution is -2.30. The van der Waals surface area contributed by atoms with Crippen molar-refractivity contribution in [3.63, 3.8) is 0 Å². The number of ether oxygens (including phenoxy) is 2. The average Bonchev–Trinajstić information content (AvgIpc) is 3.40. The molecule has 10 rings (SSSR count). The number of fused-ring (bicyclic) bond motifs is 6. The van der Waals surface area contributed by atoms with Gasteiger partial charge in [-0.25, -0.2) is 0 Å². The summed E-state index contributed by atoms with van der Waals surface area (Å²) in [7, 11) is 0. The predicted molar refractivity (Wildman–Crippen MR) is 296 cm³/mol. The van der Waals surface area contributed by atoms with Gasteiger partial charge >= 0.3 is 0 Å². The van der Waals surface area contributed by atoms with Gasteiger partial charge in [0, 0.05) is 63.3 Å². The van der Waals surface area contributed by atoms with Crippen LogP contribution in [0.4, 0.5) is 22.7 Å². The number of para-hydroxylation sites is 2. The molecule has 3 aliphatic rings. The Labute approximate surface area is 413 Å². The van der Waals surface area contributed by atoms with Gasteiger partial charge in [-0.3, -0.25) is 0 Å². The predicted octanol–water partition coefficient (Wildman–Crippen LogP) is 18.0. The van der Waals surface area contributed by atoms with Crippen molar-refractivity contribution in [1.82, 2.24) is 0 Å². The van der Waals surface area contributed by atoms with E-state index in [4.69, 9.17) is 9.47 Å². The lowest BCUT2D eigenvalue weighted by molar-refractivity contribution is 0.471. The molecule has 4 nitrogen and oxygen atoms in total. The van der Waals surface area contributed by atoms with Crippen LogP contribution in [-0.2, 0) is 0 Å². The van der Waals surface area contributed by atoms with Gasteiger partial charge in [0.1, 0.15) is 23.0 Å². The molecule has 7 aromatic carbocycles. The number of nitrogens with zero attached hydrogens (tertiary/aromatic N) is 2. The summed E-state index contributed by atoms with van der Waals surface area (Å²) < 4.78 is 13.6. The molecule has 1 atom stereocenters. The largest absolute Gasteiger partial charge is 0.457 e. The minimum Gasteiger partial charge on any atom is -0.457 e. The van der Waals surface area contributed by atoms with Crippen molar-refractivity contribution >= 4 is 45.2 Å². The maximum Gasteiger partial charge on any atom is 0.137 e. The van der Waals surface area contributed by atoms with Gasteiger partial charge in [-0.2, -0.15) is 0 Å². The Kier molecular flexibility index (Phi) is 13.1. The molecular formula is C66H56N2O2. The third-order valence-electron chi connectivity index (χ3n) is 13.3. The molecule has 4 heteroatoms. The van der Waals surface area contributed by atoms with E-state index in [9.17, 15) is 0 Å². The van der Waals surface area contributed by atoms with Gasteiger partial charge in [0.15, 0.2) is 0 Å². The molecular weight excluding hydrogens is 853 g/mol. The Morgan fingerprint density at radius 3 is 1.80 bits per heavy atom. The fourth-order valence-electron chi connectivity index (χ4n) is 9.83. The van der Waals surface area contributed by atoms with Crippen LogP contribution < -0.4 is 19.3 Å². The SMILES string of the molecule is C=CCCC1=CCC(N(C=CC(=CC(=C)c2ccccc2)c2ccccc2)c2ccc3c(c2)OC(=C)c2c-3ccc3c2C(=C)c2ccc(N(c4ccccc4)c4ccccc4)cc2O3)C=C1CCC=C. The van der Waals surface area contributed by atoms with E-state index < -0.39 is 0 Å². The van der Waals surface area contributed by atoms with E-state index in [0.29, 0.717) is 5.76 Å². The maximum atomic E-state index is 6.80. The molecule has 70 heavy (non-hydrogen) atoms. The lowest BCUT2D eigenvalue weighted by Gasteiger charge is -2.34. The summed E-state index contributed by atoms with van der Waals surface area (Å²) in [6, 6.07) is 58.7. The smallest absolute Gasteiger partial charge is 0.137 e. The van der Waals surface area contributed by atoms with E-state index in [1.165, 1.54) is 11.1 Å². The standard InChI is InChI=1S/C66H56N2O2/c1-6-8-22-51-32-33-56(43-52(51)23-9-7-2)67(41-40-53(50-26-16-11-17-27-50)42-46(3)49-24-14-10-15-25-49)57-34-37-60-61-38-39-62-65(66(61)48(5)69-64(60)44-57)47(4)59-36-35-58(45-63(59)70-62)68(54-28-18-12-19-29-54)55-30-20-13-21-31-55/h6-7,10-21,24-32,34-45,56H,1-5,8-9,22-23,33H2. The van der Waals surface area contributed by atoms with E-state index in [1.807, 2.05) is 30.4 Å². The Hall–Kier alpha value is -8.60. The number of rotatable bonds is 16. The zero-order chi connectivity index (χ0) is 48.0. The summed E-state index contributed by atoms with van der Waals surface area (Å²) in [5.41, 5.74) is 16.6. The second-order valence-electron chi connectivity index (χ2n) is 17.8. The number of benzene rings is 7. The third kappa shape index (κ3) is 9.20. The first kappa shape index (κ1) is 45.2. The minimum atomic E-state index is 0.0376. The molecule has 0 radical (unpaired) electrons. The average molecular weight is 909 g/mol. The van der Waals surface area contributed by atoms with Crippen LogP contribution in [0, 0.1) is 0 Å². The van der Waals surface area contributed by atoms with Gasteiger partial charge in [-0.1, -0.05) is 141 Å². The van der Waals surface area contributed by atoms with Crippen molar-refractivity contribution in [1.29, 1.82) is 0 Å². The lowest BCUT2D eigenvalue weighted by atomic mass is 9.85. The zero-order valence-electron chi connectivity index (χ0n) is 39.6. The number of anilines is 4. The van der Waals surface area contributed by atoms with E-state index in [-0.39, 0.29) is 6.04 Å². The van der Waals surface area contributed by atoms with Crippen molar-refractivity contribution in [3.8, 4) is 28.4 Å². The first-order chi connectivity index (χ1) is 34.4. The molecule has 1 aliphatic carbocycles. The molecule has 0 N–H and O–H groups in total. The topological polar surface area (TPSA) is 24.9 Å². The van der Waals surface area contributed by atoms with E-state index >= 15 is 0 Å². The molecule has 2 aliphatic heterocycles. The van der Waals surface area contributed by atoms with Crippen LogP contribution in [0.3, 0.4) is 0 Å². The second-order valence-corrected chi connectivity index (χ2v) is 17.8. The van der Waals surface area contributed by atoms with Crippen LogP contribution in [0.25, 0.3) is 33.6 Å². The van der Waals surface area contributed by atoms with Crippen molar-refractivity contribution in [2.45, 2.75) is 38.1 Å². The van der Waals surface area contributed by atoms with Crippen LogP contribution >= 0.6 is 0 Å². The van der Waals surface area contributed by atoms with Gasteiger partial charge in [-0.05, 0) is 149 Å². The zero-order valence-corrected chi connectivity index (χ0v) is 39.6. The van der Waals surface area contributed by atoms with Gasteiger partial charge in [0.25, 0.3) is 0 Å². The second kappa shape index (κ2) is 20.3. The highest BCUT2D eigenvalue weighted by Crippen LogP contribution is 2.53. The monoisotopic (exact) mass is 908 g/mol. The van der Waals surface area contributed by atoms with Gasteiger partial charge < -0.3 is 19.3 Å². The van der Waals surface area contributed by atoms with Crippen LogP contribution in [0.15, 0.2) is 257 Å². The quantitative estimate of drug-likeness (QED) is 0.0712. The summed E-state index contributed by atoms with van der Waals surface area (Å²) >= 11 is 0. The summed E-state index contributed by atoms with van der Waals surface area (Å²) in [5, 5.41) is 0. The van der Waals surface area contributed by atoms with Crippen molar-refractivity contribution in [3.05, 3.63) is 284 Å². The first-order valence-electron chi connectivity index (χ1n) is 24.1. The van der Waals surface area contributed by atoms with Gasteiger partial charge in [-0.15, -0.1) is 13.2 Å². The van der Waals surface area contributed by atoms with E-state index in [2.05, 4.69) is 225 Å². The van der Waals surface area contributed by atoms with Gasteiger partial charge in [0.2, 0.25) is 0 Å². The molecule has 0 bridgehead atoms. The molecule has 0 saturated carbocycles. The van der Waals surface area contributed by atoms with Crippen LogP contribution in [-0.4, -0.2) is 6.04 Å². The molecule has 0 saturated heterocycles. The fourth-order valence-corrected chi connectivity index (χ4v) is 9.83. The fraction of sp³-hybridized carbons (Fsp3) is 0.0909. The Bertz CT molecular complexity index is 3230. The summed E-state index contributed by atoms with van der Waals surface area (Å²) in [6.45, 7) is 21.8. The number of hydrogen-bond acceptors (Lipinski definition) is 4. The summed E-state index contributed by atoms with van der Waals surface area (Å²) in [4.78, 5) is 4.61. The Morgan fingerprint density at radius 1 is 0.557 bits per heavy atom. The van der Waals surface area contributed by atoms with Crippen LogP contribution in [0.5, 0.6) is 17.2 Å². The summed E-state index contributed by atoms with van der Waals surface area (Å²) in [6.07, 6.45) is 20.1. The normalized spacial score (nSPS) is 14.7. The number of hydrogen-bond donors (Lipinski definition) is 0. The van der Waals surface area contributed by atoms with Crippen molar-refractivity contribution in [2.24, 2.45) is 0 Å². The highest BCUT2D eigenvalue weighted by atomic mass is 16.5. The molecule has 0 amide bonds. The molecule has 0 aromatic heterocycles. The van der Waals surface area contributed by atoms with E-state index in [0.717, 1.165) is 128 Å². The van der Waals surface area contributed by atoms with Crippen LogP contribution in [0.2, 0.25) is 0 Å².